The summed E-state index contributed by atoms with van der Waals surface area (Å²) < 4.78 is 13.1. The molecule has 31 heavy (non-hydrogen) atoms. The number of pyridine rings is 3. The second-order valence-corrected chi connectivity index (χ2v) is 7.56. The van der Waals surface area contributed by atoms with E-state index in [9.17, 15) is 14.0 Å². The van der Waals surface area contributed by atoms with Gasteiger partial charge >= 0.3 is 0 Å². The molecule has 4 rings (SSSR count). The molecular formula is C21H22FN7O2. The topological polar surface area (TPSA) is 115 Å². The number of H-pyrrole nitrogens is 1. The SMILES string of the molecule is CNC(=O)c1cnc(Nc2ccc(F)cn2)cc1NC1(C)CN(C)c2cc[nH]c(=O)c21. The monoisotopic (exact) mass is 423 g/mol. The molecule has 1 aliphatic heterocycles. The third-order valence-electron chi connectivity index (χ3n) is 5.22. The third kappa shape index (κ3) is 3.79. The Morgan fingerprint density at radius 1 is 1.23 bits per heavy atom. The molecule has 1 atom stereocenters. The van der Waals surface area contributed by atoms with Crippen LogP contribution in [-0.2, 0) is 5.54 Å². The lowest BCUT2D eigenvalue weighted by Gasteiger charge is -2.28. The van der Waals surface area contributed by atoms with Gasteiger partial charge in [-0.1, -0.05) is 0 Å². The van der Waals surface area contributed by atoms with E-state index in [1.807, 2.05) is 24.9 Å². The first-order valence-corrected chi connectivity index (χ1v) is 9.63. The van der Waals surface area contributed by atoms with Crippen molar-refractivity contribution in [3.8, 4) is 0 Å². The van der Waals surface area contributed by atoms with E-state index >= 15 is 0 Å². The van der Waals surface area contributed by atoms with E-state index in [4.69, 9.17) is 0 Å². The highest BCUT2D eigenvalue weighted by Crippen LogP contribution is 2.38. The number of anilines is 4. The maximum Gasteiger partial charge on any atom is 0.255 e. The number of halogens is 1. The van der Waals surface area contributed by atoms with Gasteiger partial charge in [-0.15, -0.1) is 0 Å². The first-order valence-electron chi connectivity index (χ1n) is 9.63. The van der Waals surface area contributed by atoms with Crippen LogP contribution < -0.4 is 26.4 Å². The molecule has 4 N–H and O–H groups in total. The van der Waals surface area contributed by atoms with Crippen LogP contribution in [0.4, 0.5) is 27.4 Å². The van der Waals surface area contributed by atoms with E-state index in [0.29, 0.717) is 35.0 Å². The smallest absolute Gasteiger partial charge is 0.255 e. The zero-order valence-electron chi connectivity index (χ0n) is 17.3. The van der Waals surface area contributed by atoms with E-state index < -0.39 is 11.4 Å². The standard InChI is InChI=1S/C21H22FN7O2/c1-21(11-29(3)15-6-7-24-20(31)18(15)21)28-14-8-17(26-10-13(14)19(30)23-2)27-16-5-4-12(22)9-25-16/h4-10H,11H2,1-3H3,(H,23,30)(H,24,31)(H2,25,26,27,28). The Hall–Kier alpha value is -3.95. The van der Waals surface area contributed by atoms with Gasteiger partial charge in [-0.2, -0.15) is 0 Å². The summed E-state index contributed by atoms with van der Waals surface area (Å²) in [4.78, 5) is 38.0. The Labute approximate surface area is 177 Å². The number of carbonyl (C=O) groups is 1. The summed E-state index contributed by atoms with van der Waals surface area (Å²) in [7, 11) is 3.44. The molecule has 160 valence electrons. The normalized spacial score (nSPS) is 17.2. The molecule has 0 saturated heterocycles. The number of hydrogen-bond acceptors (Lipinski definition) is 7. The van der Waals surface area contributed by atoms with Crippen molar-refractivity contribution in [2.45, 2.75) is 12.5 Å². The van der Waals surface area contributed by atoms with Crippen molar-refractivity contribution in [1.82, 2.24) is 20.3 Å². The predicted octanol–water partition coefficient (Wildman–Crippen LogP) is 2.18. The minimum atomic E-state index is -0.756. The molecule has 3 aromatic heterocycles. The molecule has 0 bridgehead atoms. The van der Waals surface area contributed by atoms with Crippen molar-refractivity contribution in [1.29, 1.82) is 0 Å². The number of nitrogens with one attached hydrogen (secondary N) is 4. The Kier molecular flexibility index (Phi) is 5.05. The molecular weight excluding hydrogens is 401 g/mol. The minimum absolute atomic E-state index is 0.193. The Bertz CT molecular complexity index is 1200. The molecule has 9 nitrogen and oxygen atoms in total. The Morgan fingerprint density at radius 3 is 2.71 bits per heavy atom. The molecule has 0 fully saturated rings. The van der Waals surface area contributed by atoms with Crippen LogP contribution in [0.25, 0.3) is 0 Å². The van der Waals surface area contributed by atoms with Gasteiger partial charge in [-0.25, -0.2) is 14.4 Å². The summed E-state index contributed by atoms with van der Waals surface area (Å²) >= 11 is 0. The lowest BCUT2D eigenvalue weighted by atomic mass is 9.94. The summed E-state index contributed by atoms with van der Waals surface area (Å²) in [6, 6.07) is 6.28. The molecule has 10 heteroatoms. The molecule has 0 saturated carbocycles. The average Bonchev–Trinajstić information content (AvgIpc) is 3.00. The van der Waals surface area contributed by atoms with Crippen LogP contribution in [0, 0.1) is 5.82 Å². The van der Waals surface area contributed by atoms with E-state index in [1.54, 1.807) is 12.3 Å². The molecule has 1 amide bonds. The summed E-state index contributed by atoms with van der Waals surface area (Å²) in [6.07, 6.45) is 4.15. The summed E-state index contributed by atoms with van der Waals surface area (Å²) in [5.41, 5.74) is 1.28. The van der Waals surface area contributed by atoms with Gasteiger partial charge in [0, 0.05) is 44.8 Å². The van der Waals surface area contributed by atoms with Gasteiger partial charge in [0.05, 0.1) is 28.6 Å². The largest absolute Gasteiger partial charge is 0.373 e. The zero-order chi connectivity index (χ0) is 22.2. The number of rotatable bonds is 5. The van der Waals surface area contributed by atoms with Crippen molar-refractivity contribution in [3.05, 3.63) is 70.2 Å². The van der Waals surface area contributed by atoms with E-state index in [2.05, 4.69) is 30.9 Å². The Balaban J connectivity index is 1.73. The molecule has 0 radical (unpaired) electrons. The number of hydrogen-bond donors (Lipinski definition) is 4. The third-order valence-corrected chi connectivity index (χ3v) is 5.22. The van der Waals surface area contributed by atoms with Crippen LogP contribution in [-0.4, -0.2) is 41.5 Å². The molecule has 0 spiro atoms. The van der Waals surface area contributed by atoms with E-state index in [-0.39, 0.29) is 11.5 Å². The van der Waals surface area contributed by atoms with Gasteiger partial charge in [0.2, 0.25) is 0 Å². The van der Waals surface area contributed by atoms with Crippen molar-refractivity contribution in [2.75, 3.05) is 36.2 Å². The zero-order valence-corrected chi connectivity index (χ0v) is 17.3. The molecule has 0 aromatic carbocycles. The van der Waals surface area contributed by atoms with Crippen LogP contribution in [0.15, 0.2) is 47.7 Å². The fraction of sp³-hybridized carbons (Fsp3) is 0.238. The molecule has 1 aliphatic rings. The summed E-state index contributed by atoms with van der Waals surface area (Å²) in [6.45, 7) is 2.43. The second kappa shape index (κ2) is 7.71. The maximum atomic E-state index is 13.1. The first kappa shape index (κ1) is 20.3. The van der Waals surface area contributed by atoms with Crippen LogP contribution in [0.2, 0.25) is 0 Å². The lowest BCUT2D eigenvalue weighted by molar-refractivity contribution is 0.0963. The van der Waals surface area contributed by atoms with Crippen molar-refractivity contribution in [3.63, 3.8) is 0 Å². The lowest BCUT2D eigenvalue weighted by Crippen LogP contribution is -2.40. The van der Waals surface area contributed by atoms with Crippen LogP contribution in [0.1, 0.15) is 22.8 Å². The number of amides is 1. The van der Waals surface area contributed by atoms with Gasteiger partial charge in [0.25, 0.3) is 11.5 Å². The molecule has 0 aliphatic carbocycles. The molecule has 4 heterocycles. The van der Waals surface area contributed by atoms with E-state index in [1.165, 1.54) is 25.4 Å². The molecule has 1 unspecified atom stereocenters. The van der Waals surface area contributed by atoms with Crippen LogP contribution in [0.5, 0.6) is 0 Å². The second-order valence-electron chi connectivity index (χ2n) is 7.56. The minimum Gasteiger partial charge on any atom is -0.373 e. The fourth-order valence-corrected chi connectivity index (χ4v) is 3.88. The highest BCUT2D eigenvalue weighted by Gasteiger charge is 2.40. The fourth-order valence-electron chi connectivity index (χ4n) is 3.88. The quantitative estimate of drug-likeness (QED) is 0.497. The van der Waals surface area contributed by atoms with Gasteiger partial charge in [0.15, 0.2) is 0 Å². The summed E-state index contributed by atoms with van der Waals surface area (Å²) in [5.74, 6) is 0.0455. The van der Waals surface area contributed by atoms with Gasteiger partial charge in [0.1, 0.15) is 17.5 Å². The number of aromatic amines is 1. The number of fused-ring (bicyclic) bond motifs is 1. The number of likely N-dealkylation sites (N-methyl/N-ethyl adjacent to an activating group) is 1. The number of nitrogens with zero attached hydrogens (tertiary/aromatic N) is 3. The average molecular weight is 423 g/mol. The maximum absolute atomic E-state index is 13.1. The number of carbonyl (C=O) groups excluding carboxylic acids is 1. The Morgan fingerprint density at radius 2 is 2.00 bits per heavy atom. The number of aromatic nitrogens is 3. The van der Waals surface area contributed by atoms with Gasteiger partial charge < -0.3 is 25.8 Å². The highest BCUT2D eigenvalue weighted by molar-refractivity contribution is 5.99. The van der Waals surface area contributed by atoms with Gasteiger partial charge in [-0.05, 0) is 25.1 Å². The molecule has 3 aromatic rings. The summed E-state index contributed by atoms with van der Waals surface area (Å²) in [5, 5.41) is 8.98. The predicted molar refractivity (Wildman–Crippen MR) is 116 cm³/mol. The van der Waals surface area contributed by atoms with Crippen molar-refractivity contribution in [2.24, 2.45) is 0 Å². The van der Waals surface area contributed by atoms with Crippen LogP contribution >= 0.6 is 0 Å². The first-order chi connectivity index (χ1) is 14.8. The van der Waals surface area contributed by atoms with Crippen LogP contribution in [0.3, 0.4) is 0 Å². The van der Waals surface area contributed by atoms with Crippen molar-refractivity contribution < 1.29 is 9.18 Å². The van der Waals surface area contributed by atoms with Crippen molar-refractivity contribution >= 4 is 28.9 Å². The highest BCUT2D eigenvalue weighted by atomic mass is 19.1. The van der Waals surface area contributed by atoms with Gasteiger partial charge in [-0.3, -0.25) is 9.59 Å². The van der Waals surface area contributed by atoms with E-state index in [0.717, 1.165) is 11.9 Å².